The molecule has 0 unspecified atom stereocenters. The Morgan fingerprint density at radius 2 is 2.31 bits per heavy atom. The first-order valence-electron chi connectivity index (χ1n) is 3.43. The SMILES string of the molecule is C=CC(=O)Oc1ccc(Br)c(F)c1. The maximum absolute atomic E-state index is 12.9. The fourth-order valence-electron chi connectivity index (χ4n) is 0.698. The number of carbonyl (C=O) groups is 1. The predicted molar refractivity (Wildman–Crippen MR) is 49.9 cm³/mol. The minimum Gasteiger partial charge on any atom is -0.423 e. The Labute approximate surface area is 83.1 Å². The van der Waals surface area contributed by atoms with Crippen molar-refractivity contribution < 1.29 is 13.9 Å². The molecular formula is C9H6BrFO2. The van der Waals surface area contributed by atoms with E-state index >= 15 is 0 Å². The summed E-state index contributed by atoms with van der Waals surface area (Å²) >= 11 is 2.98. The highest BCUT2D eigenvalue weighted by Gasteiger charge is 2.03. The van der Waals surface area contributed by atoms with Crippen molar-refractivity contribution in [3.63, 3.8) is 0 Å². The molecule has 0 aliphatic heterocycles. The third kappa shape index (κ3) is 2.66. The van der Waals surface area contributed by atoms with Crippen LogP contribution >= 0.6 is 15.9 Å². The number of hydrogen-bond acceptors (Lipinski definition) is 2. The highest BCUT2D eigenvalue weighted by Crippen LogP contribution is 2.20. The van der Waals surface area contributed by atoms with Gasteiger partial charge in [0.25, 0.3) is 0 Å². The van der Waals surface area contributed by atoms with E-state index in [-0.39, 0.29) is 5.75 Å². The summed E-state index contributed by atoms with van der Waals surface area (Å²) in [5, 5.41) is 0. The zero-order chi connectivity index (χ0) is 9.84. The Hall–Kier alpha value is -1.16. The summed E-state index contributed by atoms with van der Waals surface area (Å²) in [6.07, 6.45) is 1.01. The summed E-state index contributed by atoms with van der Waals surface area (Å²) in [4.78, 5) is 10.7. The van der Waals surface area contributed by atoms with Gasteiger partial charge >= 0.3 is 5.97 Å². The smallest absolute Gasteiger partial charge is 0.335 e. The Morgan fingerprint density at radius 1 is 1.62 bits per heavy atom. The second-order valence-corrected chi connectivity index (χ2v) is 3.06. The van der Waals surface area contributed by atoms with Gasteiger partial charge in [-0.3, -0.25) is 0 Å². The van der Waals surface area contributed by atoms with E-state index in [0.29, 0.717) is 4.47 Å². The molecule has 1 aromatic carbocycles. The van der Waals surface area contributed by atoms with Crippen LogP contribution in [-0.2, 0) is 4.79 Å². The Balaban J connectivity index is 2.85. The van der Waals surface area contributed by atoms with E-state index in [1.165, 1.54) is 12.1 Å². The van der Waals surface area contributed by atoms with Gasteiger partial charge in [0, 0.05) is 12.1 Å². The Morgan fingerprint density at radius 3 is 2.85 bits per heavy atom. The normalized spacial score (nSPS) is 9.38. The van der Waals surface area contributed by atoms with Gasteiger partial charge in [0.2, 0.25) is 0 Å². The fraction of sp³-hybridized carbons (Fsp3) is 0. The maximum Gasteiger partial charge on any atom is 0.335 e. The average Bonchev–Trinajstić information content (AvgIpc) is 2.11. The average molecular weight is 245 g/mol. The lowest BCUT2D eigenvalue weighted by Crippen LogP contribution is -2.03. The molecule has 0 amide bonds. The number of esters is 1. The largest absolute Gasteiger partial charge is 0.423 e. The van der Waals surface area contributed by atoms with Crippen molar-refractivity contribution in [2.45, 2.75) is 0 Å². The van der Waals surface area contributed by atoms with Gasteiger partial charge in [-0.25, -0.2) is 9.18 Å². The molecule has 0 aromatic heterocycles. The highest BCUT2D eigenvalue weighted by atomic mass is 79.9. The van der Waals surface area contributed by atoms with Gasteiger partial charge < -0.3 is 4.74 Å². The van der Waals surface area contributed by atoms with Gasteiger partial charge in [-0.1, -0.05) is 6.58 Å². The van der Waals surface area contributed by atoms with E-state index in [2.05, 4.69) is 27.2 Å². The first kappa shape index (κ1) is 9.92. The van der Waals surface area contributed by atoms with Crippen LogP contribution in [0.25, 0.3) is 0 Å². The van der Waals surface area contributed by atoms with Gasteiger partial charge in [0.15, 0.2) is 0 Å². The van der Waals surface area contributed by atoms with Crippen LogP contribution in [0.1, 0.15) is 0 Å². The second-order valence-electron chi connectivity index (χ2n) is 2.20. The lowest BCUT2D eigenvalue weighted by Gasteiger charge is -2.01. The van der Waals surface area contributed by atoms with Crippen LogP contribution in [0.4, 0.5) is 4.39 Å². The van der Waals surface area contributed by atoms with Crippen molar-refractivity contribution in [2.24, 2.45) is 0 Å². The molecule has 0 saturated carbocycles. The van der Waals surface area contributed by atoms with Crippen molar-refractivity contribution in [3.05, 3.63) is 41.1 Å². The first-order chi connectivity index (χ1) is 6.13. The fourth-order valence-corrected chi connectivity index (χ4v) is 0.945. The molecule has 1 rings (SSSR count). The van der Waals surface area contributed by atoms with Gasteiger partial charge in [-0.15, -0.1) is 0 Å². The summed E-state index contributed by atoms with van der Waals surface area (Å²) in [6.45, 7) is 3.22. The molecule has 0 spiro atoms. The lowest BCUT2D eigenvalue weighted by molar-refractivity contribution is -0.128. The zero-order valence-corrected chi connectivity index (χ0v) is 8.17. The Bertz CT molecular complexity index is 349. The molecular weight excluding hydrogens is 239 g/mol. The molecule has 1 aromatic rings. The number of ether oxygens (including phenoxy) is 1. The third-order valence-electron chi connectivity index (χ3n) is 1.28. The number of benzene rings is 1. The predicted octanol–water partition coefficient (Wildman–Crippen LogP) is 2.68. The number of hydrogen-bond donors (Lipinski definition) is 0. The van der Waals surface area contributed by atoms with Crippen molar-refractivity contribution in [2.75, 3.05) is 0 Å². The van der Waals surface area contributed by atoms with Crippen molar-refractivity contribution in [3.8, 4) is 5.75 Å². The van der Waals surface area contributed by atoms with Gasteiger partial charge in [-0.2, -0.15) is 0 Å². The molecule has 68 valence electrons. The van der Waals surface area contributed by atoms with Crippen molar-refractivity contribution >= 4 is 21.9 Å². The van der Waals surface area contributed by atoms with Crippen molar-refractivity contribution in [1.82, 2.24) is 0 Å². The number of rotatable bonds is 2. The molecule has 0 aliphatic carbocycles. The molecule has 0 atom stereocenters. The van der Waals surface area contributed by atoms with E-state index in [1.54, 1.807) is 0 Å². The molecule has 0 heterocycles. The molecule has 2 nitrogen and oxygen atoms in total. The molecule has 0 aliphatic rings. The summed E-state index contributed by atoms with van der Waals surface area (Å²) in [5.74, 6) is -0.929. The third-order valence-corrected chi connectivity index (χ3v) is 1.92. The van der Waals surface area contributed by atoms with E-state index in [1.807, 2.05) is 0 Å². The van der Waals surface area contributed by atoms with Crippen LogP contribution in [0.5, 0.6) is 5.75 Å². The molecule has 0 radical (unpaired) electrons. The van der Waals surface area contributed by atoms with E-state index in [4.69, 9.17) is 0 Å². The quantitative estimate of drug-likeness (QED) is 0.455. The van der Waals surface area contributed by atoms with Crippen molar-refractivity contribution in [1.29, 1.82) is 0 Å². The van der Waals surface area contributed by atoms with E-state index in [0.717, 1.165) is 12.1 Å². The monoisotopic (exact) mass is 244 g/mol. The van der Waals surface area contributed by atoms with E-state index in [9.17, 15) is 9.18 Å². The maximum atomic E-state index is 12.9. The van der Waals surface area contributed by atoms with Gasteiger partial charge in [0.1, 0.15) is 11.6 Å². The zero-order valence-electron chi connectivity index (χ0n) is 6.59. The molecule has 0 N–H and O–H groups in total. The summed E-state index contributed by atoms with van der Waals surface area (Å²) in [6, 6.07) is 4.06. The van der Waals surface area contributed by atoms with Crippen LogP contribution < -0.4 is 4.74 Å². The summed E-state index contributed by atoms with van der Waals surface area (Å²) < 4.78 is 17.9. The second kappa shape index (κ2) is 4.18. The Kier molecular flexibility index (Phi) is 3.19. The highest BCUT2D eigenvalue weighted by molar-refractivity contribution is 9.10. The standard InChI is InChI=1S/C9H6BrFO2/c1-2-9(12)13-6-3-4-7(10)8(11)5-6/h2-5H,1H2. The molecule has 13 heavy (non-hydrogen) atoms. The van der Waals surface area contributed by atoms with Crippen LogP contribution in [0.3, 0.4) is 0 Å². The van der Waals surface area contributed by atoms with Crippen LogP contribution in [0.15, 0.2) is 35.3 Å². The van der Waals surface area contributed by atoms with E-state index < -0.39 is 11.8 Å². The van der Waals surface area contributed by atoms with Crippen LogP contribution in [0.2, 0.25) is 0 Å². The molecule has 0 saturated heterocycles. The molecule has 0 fully saturated rings. The molecule has 0 bridgehead atoms. The van der Waals surface area contributed by atoms with Gasteiger partial charge in [0.05, 0.1) is 4.47 Å². The summed E-state index contributed by atoms with van der Waals surface area (Å²) in [7, 11) is 0. The minimum absolute atomic E-state index is 0.158. The first-order valence-corrected chi connectivity index (χ1v) is 4.22. The van der Waals surface area contributed by atoms with Crippen LogP contribution in [0, 0.1) is 5.82 Å². The summed E-state index contributed by atoms with van der Waals surface area (Å²) in [5.41, 5.74) is 0. The molecule has 4 heteroatoms. The lowest BCUT2D eigenvalue weighted by atomic mass is 10.3. The van der Waals surface area contributed by atoms with Crippen LogP contribution in [-0.4, -0.2) is 5.97 Å². The minimum atomic E-state index is -0.610. The number of carbonyl (C=O) groups excluding carboxylic acids is 1. The number of halogens is 2. The topological polar surface area (TPSA) is 26.3 Å². The van der Waals surface area contributed by atoms with Gasteiger partial charge in [-0.05, 0) is 28.1 Å².